The molecule has 0 atom stereocenters. The fourth-order valence-corrected chi connectivity index (χ4v) is 0.676. The van der Waals surface area contributed by atoms with Crippen molar-refractivity contribution in [3.8, 4) is 0 Å². The molecule has 1 heterocycles. The van der Waals surface area contributed by atoms with E-state index in [1.807, 2.05) is 0 Å². The Bertz CT molecular complexity index is 340. The van der Waals surface area contributed by atoms with E-state index in [-0.39, 0.29) is 11.0 Å². The van der Waals surface area contributed by atoms with E-state index in [4.69, 9.17) is 23.1 Å². The maximum absolute atomic E-state index is 10.2. The lowest BCUT2D eigenvalue weighted by Crippen LogP contribution is -2.02. The van der Waals surface area contributed by atoms with Crippen LogP contribution in [0.2, 0.25) is 5.15 Å². The van der Waals surface area contributed by atoms with Crippen molar-refractivity contribution < 1.29 is 4.92 Å². The molecule has 0 bridgehead atoms. The minimum absolute atomic E-state index is 0.337. The largest absolute Gasteiger partial charge is 0.408 e. The van der Waals surface area contributed by atoms with Gasteiger partial charge in [0.05, 0.1) is 0 Å². The van der Waals surface area contributed by atoms with E-state index in [9.17, 15) is 10.1 Å². The standard InChI is InChI=1S/C4H3ClN5O2/c5-1-2(6)9-3(7)4(8-1)10(11)12/h6H,(H2,7,9). The Balaban J connectivity index is 3.33. The van der Waals surface area contributed by atoms with Crippen molar-refractivity contribution in [2.24, 2.45) is 0 Å². The molecule has 0 saturated heterocycles. The second-order valence-corrected chi connectivity index (χ2v) is 2.19. The van der Waals surface area contributed by atoms with Gasteiger partial charge in [0.15, 0.2) is 0 Å². The van der Waals surface area contributed by atoms with E-state index >= 15 is 0 Å². The van der Waals surface area contributed by atoms with Gasteiger partial charge in [-0.3, -0.25) is 5.73 Å². The minimum atomic E-state index is -0.812. The second-order valence-electron chi connectivity index (χ2n) is 1.83. The minimum Gasteiger partial charge on any atom is -0.377 e. The highest BCUT2D eigenvalue weighted by molar-refractivity contribution is 6.31. The zero-order valence-corrected chi connectivity index (χ0v) is 6.37. The average molecular weight is 189 g/mol. The summed E-state index contributed by atoms with van der Waals surface area (Å²) in [5.74, 6) is -1.41. The lowest BCUT2D eigenvalue weighted by atomic mass is 10.6. The summed E-state index contributed by atoms with van der Waals surface area (Å²) < 4.78 is 0. The summed E-state index contributed by atoms with van der Waals surface area (Å²) in [6, 6.07) is 0. The normalized spacial score (nSPS) is 9.75. The summed E-state index contributed by atoms with van der Waals surface area (Å²) >= 11 is 5.31. The number of nitro groups is 1. The van der Waals surface area contributed by atoms with Crippen molar-refractivity contribution in [3.05, 3.63) is 15.3 Å². The van der Waals surface area contributed by atoms with Gasteiger partial charge in [-0.2, -0.15) is 4.98 Å². The summed E-state index contributed by atoms with van der Waals surface area (Å²) in [5, 5.41) is 9.85. The molecule has 63 valence electrons. The van der Waals surface area contributed by atoms with Gasteiger partial charge in [-0.15, -0.1) is 0 Å². The zero-order valence-electron chi connectivity index (χ0n) is 5.61. The molecule has 0 aromatic carbocycles. The molecule has 0 aliphatic carbocycles. The number of anilines is 1. The predicted octanol–water partition coefficient (Wildman–Crippen LogP) is 0.535. The molecule has 0 saturated carbocycles. The van der Waals surface area contributed by atoms with E-state index < -0.39 is 16.6 Å². The van der Waals surface area contributed by atoms with E-state index in [2.05, 4.69) is 9.97 Å². The van der Waals surface area contributed by atoms with Crippen molar-refractivity contribution in [2.75, 3.05) is 5.73 Å². The quantitative estimate of drug-likeness (QED) is 0.509. The molecule has 3 N–H and O–H groups in total. The number of nitrogens with one attached hydrogen (secondary N) is 1. The molecule has 8 heteroatoms. The van der Waals surface area contributed by atoms with Crippen molar-refractivity contribution in [1.82, 2.24) is 15.7 Å². The fraction of sp³-hybridized carbons (Fsp3) is 0. The van der Waals surface area contributed by atoms with Crippen LogP contribution in [0.5, 0.6) is 0 Å². The van der Waals surface area contributed by atoms with Gasteiger partial charge in [-0.05, 0) is 21.5 Å². The van der Waals surface area contributed by atoms with Gasteiger partial charge in [0.1, 0.15) is 0 Å². The van der Waals surface area contributed by atoms with Crippen molar-refractivity contribution in [3.63, 3.8) is 0 Å². The number of nitrogens with zero attached hydrogens (tertiary/aromatic N) is 3. The molecule has 0 spiro atoms. The smallest absolute Gasteiger partial charge is 0.377 e. The van der Waals surface area contributed by atoms with Gasteiger partial charge in [-0.25, -0.2) is 0 Å². The van der Waals surface area contributed by atoms with Gasteiger partial charge in [0.25, 0.3) is 5.15 Å². The Morgan fingerprint density at radius 2 is 2.17 bits per heavy atom. The Kier molecular flexibility index (Phi) is 1.96. The third-order valence-electron chi connectivity index (χ3n) is 1.03. The number of aromatic nitrogens is 2. The number of hydrogen-bond donors (Lipinski definition) is 1. The number of nitrogen functional groups attached to an aromatic ring is 1. The number of nitrogens with two attached hydrogens (primary N) is 1. The lowest BCUT2D eigenvalue weighted by Gasteiger charge is -1.96. The van der Waals surface area contributed by atoms with Crippen LogP contribution in [0, 0.1) is 10.1 Å². The average Bonchev–Trinajstić information content (AvgIpc) is 1.96. The molecule has 7 nitrogen and oxygen atoms in total. The van der Waals surface area contributed by atoms with Crippen LogP contribution in [-0.2, 0) is 0 Å². The van der Waals surface area contributed by atoms with Crippen molar-refractivity contribution in [1.29, 1.82) is 0 Å². The number of hydrogen-bond acceptors (Lipinski definition) is 5. The first kappa shape index (κ1) is 8.47. The Hall–Kier alpha value is -1.63. The van der Waals surface area contributed by atoms with E-state index in [0.717, 1.165) is 0 Å². The summed E-state index contributed by atoms with van der Waals surface area (Å²) in [4.78, 5) is 15.9. The Morgan fingerprint density at radius 1 is 1.58 bits per heavy atom. The first-order chi connectivity index (χ1) is 5.52. The van der Waals surface area contributed by atoms with Crippen LogP contribution >= 0.6 is 11.6 Å². The second kappa shape index (κ2) is 2.78. The first-order valence-electron chi connectivity index (χ1n) is 2.71. The molecule has 1 aromatic rings. The first-order valence-corrected chi connectivity index (χ1v) is 3.09. The van der Waals surface area contributed by atoms with Crippen molar-refractivity contribution >= 4 is 29.1 Å². The van der Waals surface area contributed by atoms with Gasteiger partial charge in [0, 0.05) is 0 Å². The zero-order chi connectivity index (χ0) is 9.30. The van der Waals surface area contributed by atoms with Crippen molar-refractivity contribution in [2.45, 2.75) is 0 Å². The van der Waals surface area contributed by atoms with Gasteiger partial charge >= 0.3 is 5.82 Å². The maximum Gasteiger partial charge on any atom is 0.408 e. The summed E-state index contributed by atoms with van der Waals surface area (Å²) in [6.45, 7) is 0. The Labute approximate surface area is 71.5 Å². The van der Waals surface area contributed by atoms with Crippen LogP contribution in [0.3, 0.4) is 0 Å². The van der Waals surface area contributed by atoms with Crippen LogP contribution in [0.4, 0.5) is 17.5 Å². The van der Waals surface area contributed by atoms with Crippen LogP contribution < -0.4 is 11.5 Å². The molecule has 1 radical (unpaired) electrons. The third-order valence-corrected chi connectivity index (χ3v) is 1.30. The summed E-state index contributed by atoms with van der Waals surface area (Å²) in [6.07, 6.45) is 0. The van der Waals surface area contributed by atoms with E-state index in [1.54, 1.807) is 0 Å². The SMILES string of the molecule is [NH]c1nc(N)c([N+](=O)[O-])nc1Cl. The molecular weight excluding hydrogens is 186 g/mol. The molecule has 1 aromatic heterocycles. The van der Waals surface area contributed by atoms with Gasteiger partial charge in [0.2, 0.25) is 11.6 Å². The van der Waals surface area contributed by atoms with Crippen LogP contribution in [0.15, 0.2) is 0 Å². The topological polar surface area (TPSA) is 119 Å². The van der Waals surface area contributed by atoms with Crippen LogP contribution in [0.25, 0.3) is 0 Å². The van der Waals surface area contributed by atoms with Crippen LogP contribution in [0.1, 0.15) is 0 Å². The van der Waals surface area contributed by atoms with E-state index in [1.165, 1.54) is 0 Å². The highest BCUT2D eigenvalue weighted by atomic mass is 35.5. The molecule has 1 rings (SSSR count). The number of rotatable bonds is 1. The molecule has 0 fully saturated rings. The maximum atomic E-state index is 10.2. The lowest BCUT2D eigenvalue weighted by molar-refractivity contribution is -0.388. The highest BCUT2D eigenvalue weighted by Gasteiger charge is 2.19. The molecule has 0 aliphatic heterocycles. The van der Waals surface area contributed by atoms with Crippen LogP contribution in [-0.4, -0.2) is 14.9 Å². The number of halogens is 1. The molecule has 0 aliphatic rings. The highest BCUT2D eigenvalue weighted by Crippen LogP contribution is 2.23. The van der Waals surface area contributed by atoms with E-state index in [0.29, 0.717) is 0 Å². The molecular formula is C4H3ClN5O2. The predicted molar refractivity (Wildman–Crippen MR) is 40.9 cm³/mol. The monoisotopic (exact) mass is 188 g/mol. The molecule has 0 amide bonds. The molecule has 0 unspecified atom stereocenters. The van der Waals surface area contributed by atoms with Gasteiger partial charge < -0.3 is 15.8 Å². The summed E-state index contributed by atoms with van der Waals surface area (Å²) in [7, 11) is 0. The summed E-state index contributed by atoms with van der Waals surface area (Å²) in [5.41, 5.74) is 12.1. The third kappa shape index (κ3) is 1.35. The molecule has 12 heavy (non-hydrogen) atoms. The Morgan fingerprint density at radius 3 is 2.67 bits per heavy atom. The fourth-order valence-electron chi connectivity index (χ4n) is 0.554. The van der Waals surface area contributed by atoms with Gasteiger partial charge in [-0.1, -0.05) is 0 Å².